The Morgan fingerprint density at radius 3 is 2.80 bits per heavy atom. The van der Waals surface area contributed by atoms with Crippen molar-refractivity contribution in [2.24, 2.45) is 0 Å². The number of benzene rings is 1. The predicted molar refractivity (Wildman–Crippen MR) is 37.2 cm³/mol. The molecule has 0 amide bonds. The van der Waals surface area contributed by atoms with Crippen molar-refractivity contribution in [2.45, 2.75) is 0 Å². The van der Waals surface area contributed by atoms with Crippen LogP contribution in [0.15, 0.2) is 18.2 Å². The third-order valence-corrected chi connectivity index (χ3v) is 1.36. The molecule has 51 valence electrons. The number of hydrogen-bond donors (Lipinski definition) is 1. The van der Waals surface area contributed by atoms with E-state index in [0.29, 0.717) is 0 Å². The normalized spacial score (nSPS) is 9.30. The van der Waals surface area contributed by atoms with E-state index < -0.39 is 5.97 Å². The lowest BCUT2D eigenvalue weighted by Gasteiger charge is -1.93. The Morgan fingerprint density at radius 2 is 2.40 bits per heavy atom. The second kappa shape index (κ2) is 2.71. The minimum atomic E-state index is -1.01. The number of halogens is 1. The summed E-state index contributed by atoms with van der Waals surface area (Å²) in [6.07, 6.45) is 0. The second-order valence-corrected chi connectivity index (χ2v) is 2.12. The molecule has 0 spiro atoms. The van der Waals surface area contributed by atoms with Gasteiger partial charge in [-0.25, -0.2) is 4.79 Å². The van der Waals surface area contributed by atoms with Gasteiger partial charge in [0.05, 0.1) is 10.6 Å². The van der Waals surface area contributed by atoms with Gasteiger partial charge in [-0.1, -0.05) is 17.7 Å². The zero-order valence-electron chi connectivity index (χ0n) is 4.97. The van der Waals surface area contributed by atoms with Crippen molar-refractivity contribution >= 4 is 17.6 Å². The molecule has 10 heavy (non-hydrogen) atoms. The highest BCUT2D eigenvalue weighted by molar-refractivity contribution is 6.33. The summed E-state index contributed by atoms with van der Waals surface area (Å²) < 4.78 is 0. The molecule has 1 rings (SSSR count). The summed E-state index contributed by atoms with van der Waals surface area (Å²) in [6.45, 7) is 0. The van der Waals surface area contributed by atoms with Crippen molar-refractivity contribution in [3.8, 4) is 0 Å². The maximum absolute atomic E-state index is 10.3. The summed E-state index contributed by atoms with van der Waals surface area (Å²) in [5.41, 5.74) is 0.111. The van der Waals surface area contributed by atoms with Crippen LogP contribution >= 0.6 is 11.6 Å². The smallest absolute Gasteiger partial charge is 0.337 e. The molecule has 0 saturated carbocycles. The molecule has 1 N–H and O–H groups in total. The first-order chi connectivity index (χ1) is 4.72. The molecule has 0 bridgehead atoms. The molecule has 0 aliphatic carbocycles. The first-order valence-corrected chi connectivity index (χ1v) is 2.98. The van der Waals surface area contributed by atoms with Gasteiger partial charge in [0.15, 0.2) is 0 Å². The molecular formula is C7H4ClO2. The number of aromatic carboxylic acids is 1. The van der Waals surface area contributed by atoms with Gasteiger partial charge in [0.1, 0.15) is 0 Å². The summed E-state index contributed by atoms with van der Waals surface area (Å²) >= 11 is 5.51. The van der Waals surface area contributed by atoms with E-state index in [1.54, 1.807) is 0 Å². The summed E-state index contributed by atoms with van der Waals surface area (Å²) in [5.74, 6) is -1.01. The van der Waals surface area contributed by atoms with Crippen LogP contribution in [0.2, 0.25) is 5.02 Å². The highest BCUT2D eigenvalue weighted by Gasteiger charge is 2.04. The molecule has 0 aliphatic rings. The summed E-state index contributed by atoms with van der Waals surface area (Å²) in [7, 11) is 0. The van der Waals surface area contributed by atoms with Gasteiger partial charge in [-0.15, -0.1) is 0 Å². The van der Waals surface area contributed by atoms with E-state index in [4.69, 9.17) is 16.7 Å². The number of hydrogen-bond acceptors (Lipinski definition) is 1. The molecule has 0 fully saturated rings. The second-order valence-electron chi connectivity index (χ2n) is 1.71. The molecule has 0 atom stereocenters. The molecular weight excluding hydrogens is 152 g/mol. The van der Waals surface area contributed by atoms with E-state index in [1.807, 2.05) is 0 Å². The summed E-state index contributed by atoms with van der Waals surface area (Å²) in [5, 5.41) is 8.68. The minimum Gasteiger partial charge on any atom is -0.478 e. The third kappa shape index (κ3) is 1.28. The summed E-state index contributed by atoms with van der Waals surface area (Å²) in [6, 6.07) is 7.00. The number of rotatable bonds is 1. The molecule has 1 radical (unpaired) electrons. The maximum Gasteiger partial charge on any atom is 0.337 e. The summed E-state index contributed by atoms with van der Waals surface area (Å²) in [4.78, 5) is 10.3. The van der Waals surface area contributed by atoms with Crippen molar-refractivity contribution < 1.29 is 9.90 Å². The lowest BCUT2D eigenvalue weighted by molar-refractivity contribution is 0.0697. The Balaban J connectivity index is 3.15. The quantitative estimate of drug-likeness (QED) is 0.672. The van der Waals surface area contributed by atoms with Gasteiger partial charge >= 0.3 is 5.97 Å². The molecule has 0 unspecified atom stereocenters. The fraction of sp³-hybridized carbons (Fsp3) is 0. The van der Waals surface area contributed by atoms with Gasteiger partial charge in [0, 0.05) is 0 Å². The first-order valence-electron chi connectivity index (χ1n) is 2.60. The Hall–Kier alpha value is -1.02. The lowest BCUT2D eigenvalue weighted by Crippen LogP contribution is -1.95. The molecule has 0 aromatic heterocycles. The van der Waals surface area contributed by atoms with Crippen LogP contribution in [0.4, 0.5) is 0 Å². The molecule has 1 aromatic carbocycles. The van der Waals surface area contributed by atoms with Gasteiger partial charge in [-0.2, -0.15) is 0 Å². The van der Waals surface area contributed by atoms with Crippen LogP contribution in [-0.4, -0.2) is 11.1 Å². The Labute approximate surface area is 63.1 Å². The monoisotopic (exact) mass is 155 g/mol. The van der Waals surface area contributed by atoms with Crippen molar-refractivity contribution in [2.75, 3.05) is 0 Å². The number of carboxylic acids is 1. The fourth-order valence-corrected chi connectivity index (χ4v) is 0.790. The SMILES string of the molecule is O=C(O)c1cc[c]cc1Cl. The zero-order valence-corrected chi connectivity index (χ0v) is 5.72. The van der Waals surface area contributed by atoms with E-state index in [1.165, 1.54) is 18.2 Å². The van der Waals surface area contributed by atoms with Gasteiger partial charge in [-0.05, 0) is 18.2 Å². The van der Waals surface area contributed by atoms with Crippen LogP contribution < -0.4 is 0 Å². The molecule has 0 heterocycles. The van der Waals surface area contributed by atoms with Crippen molar-refractivity contribution in [1.82, 2.24) is 0 Å². The van der Waals surface area contributed by atoms with E-state index >= 15 is 0 Å². The van der Waals surface area contributed by atoms with Gasteiger partial charge in [-0.3, -0.25) is 0 Å². The van der Waals surface area contributed by atoms with E-state index in [2.05, 4.69) is 6.07 Å². The van der Waals surface area contributed by atoms with Gasteiger partial charge < -0.3 is 5.11 Å². The van der Waals surface area contributed by atoms with Crippen molar-refractivity contribution in [1.29, 1.82) is 0 Å². The maximum atomic E-state index is 10.3. The predicted octanol–water partition coefficient (Wildman–Crippen LogP) is 1.84. The lowest BCUT2D eigenvalue weighted by atomic mass is 10.2. The zero-order chi connectivity index (χ0) is 7.56. The molecule has 3 heteroatoms. The number of carbonyl (C=O) groups is 1. The molecule has 0 aliphatic heterocycles. The van der Waals surface area contributed by atoms with Crippen molar-refractivity contribution in [3.63, 3.8) is 0 Å². The Kier molecular flexibility index (Phi) is 1.92. The highest BCUT2D eigenvalue weighted by Crippen LogP contribution is 2.13. The van der Waals surface area contributed by atoms with Crippen LogP contribution in [0.3, 0.4) is 0 Å². The van der Waals surface area contributed by atoms with Crippen LogP contribution in [0.1, 0.15) is 10.4 Å². The fourth-order valence-electron chi connectivity index (χ4n) is 0.584. The molecule has 2 nitrogen and oxygen atoms in total. The topological polar surface area (TPSA) is 37.3 Å². The van der Waals surface area contributed by atoms with E-state index in [0.717, 1.165) is 0 Å². The Morgan fingerprint density at radius 1 is 1.70 bits per heavy atom. The van der Waals surface area contributed by atoms with Crippen molar-refractivity contribution in [3.05, 3.63) is 34.9 Å². The minimum absolute atomic E-state index is 0.111. The van der Waals surface area contributed by atoms with Crippen LogP contribution in [-0.2, 0) is 0 Å². The van der Waals surface area contributed by atoms with Crippen LogP contribution in [0.5, 0.6) is 0 Å². The molecule has 1 aromatic rings. The molecule has 0 saturated heterocycles. The third-order valence-electron chi connectivity index (χ3n) is 1.04. The number of carboxylic acid groups (broad SMARTS) is 1. The highest BCUT2D eigenvalue weighted by atomic mass is 35.5. The largest absolute Gasteiger partial charge is 0.478 e. The van der Waals surface area contributed by atoms with Crippen LogP contribution in [0.25, 0.3) is 0 Å². The first kappa shape index (κ1) is 7.09. The standard InChI is InChI=1S/C7H4ClO2/c8-6-4-2-1-3-5(6)7(9)10/h1,3-4H,(H,9,10). The van der Waals surface area contributed by atoms with E-state index in [9.17, 15) is 4.79 Å². The van der Waals surface area contributed by atoms with Gasteiger partial charge in [0.25, 0.3) is 0 Å². The average Bonchev–Trinajstić information content (AvgIpc) is 1.88. The average molecular weight is 156 g/mol. The Bertz CT molecular complexity index is 258. The van der Waals surface area contributed by atoms with Gasteiger partial charge in [0.2, 0.25) is 0 Å². The van der Waals surface area contributed by atoms with E-state index in [-0.39, 0.29) is 10.6 Å². The van der Waals surface area contributed by atoms with Crippen LogP contribution in [0, 0.1) is 6.07 Å².